The van der Waals surface area contributed by atoms with Crippen molar-refractivity contribution in [3.05, 3.63) is 74.8 Å². The van der Waals surface area contributed by atoms with Crippen LogP contribution in [0.5, 0.6) is 0 Å². The highest BCUT2D eigenvalue weighted by molar-refractivity contribution is 5.91. The number of para-hydroxylation sites is 1. The zero-order chi connectivity index (χ0) is 19.7. The average molecular weight is 380 g/mol. The van der Waals surface area contributed by atoms with Crippen molar-refractivity contribution < 1.29 is 4.79 Å². The summed E-state index contributed by atoms with van der Waals surface area (Å²) in [5, 5.41) is 11.1. The molecule has 144 valence electrons. The zero-order valence-electron chi connectivity index (χ0n) is 15.4. The van der Waals surface area contributed by atoms with Crippen molar-refractivity contribution in [1.29, 1.82) is 0 Å². The molecule has 9 nitrogen and oxygen atoms in total. The van der Waals surface area contributed by atoms with E-state index >= 15 is 0 Å². The summed E-state index contributed by atoms with van der Waals surface area (Å²) in [6.45, 7) is 0.467. The quantitative estimate of drug-likeness (QED) is 0.668. The maximum absolute atomic E-state index is 12.9. The summed E-state index contributed by atoms with van der Waals surface area (Å²) in [6, 6.07) is 12.1. The van der Waals surface area contributed by atoms with Gasteiger partial charge in [-0.1, -0.05) is 18.2 Å². The van der Waals surface area contributed by atoms with Crippen LogP contribution in [-0.4, -0.2) is 36.6 Å². The third kappa shape index (κ3) is 3.51. The second-order valence-corrected chi connectivity index (χ2v) is 6.75. The Morgan fingerprint density at radius 3 is 2.54 bits per heavy atom. The lowest BCUT2D eigenvalue weighted by atomic mass is 10.3. The fourth-order valence-corrected chi connectivity index (χ4v) is 2.99. The van der Waals surface area contributed by atoms with E-state index in [-0.39, 0.29) is 30.0 Å². The molecule has 28 heavy (non-hydrogen) atoms. The second kappa shape index (κ2) is 7.26. The highest BCUT2D eigenvalue weighted by Gasteiger charge is 2.31. The van der Waals surface area contributed by atoms with Crippen LogP contribution in [0.2, 0.25) is 0 Å². The van der Waals surface area contributed by atoms with Gasteiger partial charge in [-0.3, -0.25) is 9.59 Å². The number of hydrogen-bond donors (Lipinski definition) is 1. The number of hydrogen-bond acceptors (Lipinski definition) is 5. The van der Waals surface area contributed by atoms with E-state index in [4.69, 9.17) is 0 Å². The minimum absolute atomic E-state index is 0.142. The number of nitrogens with zero attached hydrogens (tertiary/aromatic N) is 5. The molecule has 0 aliphatic heterocycles. The van der Waals surface area contributed by atoms with Crippen molar-refractivity contribution in [3.63, 3.8) is 0 Å². The molecule has 0 radical (unpaired) electrons. The first kappa shape index (κ1) is 17.9. The van der Waals surface area contributed by atoms with Gasteiger partial charge in [0.2, 0.25) is 0 Å². The normalized spacial score (nSPS) is 13.5. The minimum Gasteiger partial charge on any atom is -0.349 e. The smallest absolute Gasteiger partial charge is 0.349 e. The van der Waals surface area contributed by atoms with Crippen LogP contribution >= 0.6 is 0 Å². The van der Waals surface area contributed by atoms with E-state index in [1.807, 2.05) is 30.3 Å². The number of benzene rings is 1. The van der Waals surface area contributed by atoms with E-state index < -0.39 is 5.91 Å². The van der Waals surface area contributed by atoms with Crippen molar-refractivity contribution in [2.75, 3.05) is 6.54 Å². The number of aromatic nitrogens is 5. The molecule has 3 aromatic rings. The molecule has 0 unspecified atom stereocenters. The molecular formula is C19H20N6O3. The Morgan fingerprint density at radius 1 is 1.11 bits per heavy atom. The lowest BCUT2D eigenvalue weighted by Crippen LogP contribution is -2.33. The first-order chi connectivity index (χ1) is 13.5. The first-order valence-corrected chi connectivity index (χ1v) is 9.12. The summed E-state index contributed by atoms with van der Waals surface area (Å²) in [7, 11) is 1.48. The lowest BCUT2D eigenvalue weighted by Gasteiger charge is -2.05. The van der Waals surface area contributed by atoms with E-state index in [1.54, 1.807) is 4.57 Å². The molecule has 1 aliphatic rings. The van der Waals surface area contributed by atoms with E-state index in [1.165, 1.54) is 23.9 Å². The number of amides is 1. The zero-order valence-corrected chi connectivity index (χ0v) is 15.4. The molecule has 0 spiro atoms. The van der Waals surface area contributed by atoms with Crippen molar-refractivity contribution in [2.24, 2.45) is 7.05 Å². The number of aryl methyl sites for hydroxylation is 1. The van der Waals surface area contributed by atoms with Gasteiger partial charge in [0.15, 0.2) is 0 Å². The predicted molar refractivity (Wildman–Crippen MR) is 102 cm³/mol. The molecule has 2 aromatic heterocycles. The number of rotatable bonds is 6. The van der Waals surface area contributed by atoms with Crippen LogP contribution in [0.3, 0.4) is 0 Å². The Balaban J connectivity index is 1.49. The molecule has 0 bridgehead atoms. The van der Waals surface area contributed by atoms with Crippen LogP contribution in [0.25, 0.3) is 5.69 Å². The third-order valence-corrected chi connectivity index (χ3v) is 4.62. The monoisotopic (exact) mass is 380 g/mol. The summed E-state index contributed by atoms with van der Waals surface area (Å²) in [5.41, 5.74) is 0.423. The minimum atomic E-state index is -0.409. The molecule has 1 amide bonds. The number of carbonyl (C=O) groups is 1. The van der Waals surface area contributed by atoms with Crippen molar-refractivity contribution in [1.82, 2.24) is 29.4 Å². The van der Waals surface area contributed by atoms with Crippen LogP contribution in [0.15, 0.2) is 52.1 Å². The highest BCUT2D eigenvalue weighted by Crippen LogP contribution is 2.39. The highest BCUT2D eigenvalue weighted by atomic mass is 16.2. The topological polar surface area (TPSA) is 104 Å². The Hall–Kier alpha value is -3.49. The Morgan fingerprint density at radius 2 is 1.86 bits per heavy atom. The molecule has 1 saturated carbocycles. The number of carbonyl (C=O) groups excluding carboxylic acids is 1. The largest absolute Gasteiger partial charge is 0.350 e. The van der Waals surface area contributed by atoms with Gasteiger partial charge < -0.3 is 5.32 Å². The first-order valence-electron chi connectivity index (χ1n) is 9.12. The summed E-state index contributed by atoms with van der Waals surface area (Å²) in [4.78, 5) is 36.4. The van der Waals surface area contributed by atoms with Crippen molar-refractivity contribution in [3.8, 4) is 5.69 Å². The van der Waals surface area contributed by atoms with E-state index in [0.717, 1.165) is 29.0 Å². The van der Waals surface area contributed by atoms with Gasteiger partial charge in [-0.25, -0.2) is 18.7 Å². The molecule has 1 N–H and O–H groups in total. The van der Waals surface area contributed by atoms with Crippen LogP contribution < -0.4 is 16.6 Å². The maximum Gasteiger partial charge on any atom is 0.350 e. The molecule has 2 heterocycles. The standard InChI is InChI=1S/C19H20N6O3/c1-23-16(26)10-9-15(21-23)18(27)20-11-12-24-19(28)25(14-5-3-2-4-6-14)17(22-24)13-7-8-13/h2-6,9-10,13H,7-8,11-12H2,1H3,(H,20,27). The second-order valence-electron chi connectivity index (χ2n) is 6.75. The predicted octanol–water partition coefficient (Wildman–Crippen LogP) is 0.435. The summed E-state index contributed by atoms with van der Waals surface area (Å²) >= 11 is 0. The van der Waals surface area contributed by atoms with Gasteiger partial charge in [0.1, 0.15) is 11.5 Å². The van der Waals surface area contributed by atoms with Crippen molar-refractivity contribution >= 4 is 5.91 Å². The third-order valence-electron chi connectivity index (χ3n) is 4.62. The average Bonchev–Trinajstić information content (AvgIpc) is 3.49. The Labute approximate surface area is 160 Å². The fraction of sp³-hybridized carbons (Fsp3) is 0.316. The van der Waals surface area contributed by atoms with Gasteiger partial charge in [0, 0.05) is 25.6 Å². The van der Waals surface area contributed by atoms with Crippen molar-refractivity contribution in [2.45, 2.75) is 25.3 Å². The fourth-order valence-electron chi connectivity index (χ4n) is 2.99. The Bertz CT molecular complexity index is 1120. The van der Waals surface area contributed by atoms with Gasteiger partial charge in [0.05, 0.1) is 12.2 Å². The molecule has 1 aliphatic carbocycles. The molecular weight excluding hydrogens is 360 g/mol. The molecule has 0 atom stereocenters. The van der Waals surface area contributed by atoms with Gasteiger partial charge in [-0.2, -0.15) is 10.2 Å². The van der Waals surface area contributed by atoms with E-state index in [2.05, 4.69) is 15.5 Å². The summed E-state index contributed by atoms with van der Waals surface area (Å²) in [6.07, 6.45) is 2.05. The SMILES string of the molecule is Cn1nc(C(=O)NCCn2nc(C3CC3)n(-c3ccccc3)c2=O)ccc1=O. The lowest BCUT2D eigenvalue weighted by molar-refractivity contribution is 0.0944. The van der Waals surface area contributed by atoms with Crippen LogP contribution in [0.1, 0.15) is 35.1 Å². The summed E-state index contributed by atoms with van der Waals surface area (Å²) < 4.78 is 4.13. The van der Waals surface area contributed by atoms with Crippen LogP contribution in [-0.2, 0) is 13.6 Å². The molecule has 0 saturated heterocycles. The van der Waals surface area contributed by atoms with Crippen LogP contribution in [0.4, 0.5) is 0 Å². The van der Waals surface area contributed by atoms with Gasteiger partial charge in [-0.15, -0.1) is 0 Å². The van der Waals surface area contributed by atoms with E-state index in [9.17, 15) is 14.4 Å². The molecule has 1 fully saturated rings. The molecule has 1 aromatic carbocycles. The van der Waals surface area contributed by atoms with Gasteiger partial charge in [-0.05, 0) is 31.0 Å². The van der Waals surface area contributed by atoms with E-state index in [0.29, 0.717) is 5.92 Å². The molecule has 4 rings (SSSR count). The van der Waals surface area contributed by atoms with Gasteiger partial charge >= 0.3 is 5.69 Å². The molecule has 9 heteroatoms. The Kier molecular flexibility index (Phi) is 4.64. The number of nitrogens with one attached hydrogen (secondary N) is 1. The summed E-state index contributed by atoms with van der Waals surface area (Å²) in [5.74, 6) is 0.661. The van der Waals surface area contributed by atoms with Gasteiger partial charge in [0.25, 0.3) is 11.5 Å². The van der Waals surface area contributed by atoms with Crippen LogP contribution in [0, 0.1) is 0 Å². The maximum atomic E-state index is 12.9.